The van der Waals surface area contributed by atoms with Gasteiger partial charge < -0.3 is 10.2 Å². The van der Waals surface area contributed by atoms with Gasteiger partial charge in [-0.3, -0.25) is 9.69 Å². The Hall–Kier alpha value is -0.710. The van der Waals surface area contributed by atoms with E-state index in [4.69, 9.17) is 0 Å². The molecule has 0 aromatic heterocycles. The molecule has 2 spiro atoms. The Morgan fingerprint density at radius 3 is 2.76 bits per heavy atom. The van der Waals surface area contributed by atoms with Crippen molar-refractivity contribution in [2.75, 3.05) is 19.7 Å². The molecular formula is C21H29NO3. The Bertz CT molecular complexity index is 720. The third-order valence-corrected chi connectivity index (χ3v) is 9.93. The smallest absolute Gasteiger partial charge is 0.167 e. The first-order valence-electron chi connectivity index (χ1n) is 10.1. The number of rotatable bonds is 1. The van der Waals surface area contributed by atoms with Gasteiger partial charge in [-0.25, -0.2) is 0 Å². The number of carbonyl (C=O) groups is 1. The number of fused-ring (bicyclic) bond motifs is 2. The highest BCUT2D eigenvalue weighted by Gasteiger charge is 2.79. The molecule has 9 atom stereocenters. The summed E-state index contributed by atoms with van der Waals surface area (Å²) < 4.78 is 0. The lowest BCUT2D eigenvalue weighted by molar-refractivity contribution is -0.216. The van der Waals surface area contributed by atoms with Crippen LogP contribution in [0.3, 0.4) is 0 Å². The van der Waals surface area contributed by atoms with E-state index in [-0.39, 0.29) is 34.7 Å². The highest BCUT2D eigenvalue weighted by Crippen LogP contribution is 2.77. The molecule has 3 aliphatic heterocycles. The van der Waals surface area contributed by atoms with Crippen LogP contribution in [-0.4, -0.2) is 52.2 Å². The van der Waals surface area contributed by atoms with E-state index >= 15 is 0 Å². The van der Waals surface area contributed by atoms with Gasteiger partial charge in [0.25, 0.3) is 0 Å². The molecule has 0 aromatic carbocycles. The Labute approximate surface area is 149 Å². The summed E-state index contributed by atoms with van der Waals surface area (Å²) >= 11 is 0. The van der Waals surface area contributed by atoms with Gasteiger partial charge in [0.2, 0.25) is 0 Å². The summed E-state index contributed by atoms with van der Waals surface area (Å²) in [7, 11) is 0. The summed E-state index contributed by atoms with van der Waals surface area (Å²) in [6.07, 6.45) is 5.24. The molecule has 0 amide bonds. The van der Waals surface area contributed by atoms with Crippen molar-refractivity contribution in [3.8, 4) is 0 Å². The Morgan fingerprint density at radius 1 is 1.24 bits per heavy atom. The highest BCUT2D eigenvalue weighted by molar-refractivity contribution is 6.02. The van der Waals surface area contributed by atoms with Gasteiger partial charge in [0.1, 0.15) is 0 Å². The predicted molar refractivity (Wildman–Crippen MR) is 92.7 cm³/mol. The minimum Gasteiger partial charge on any atom is -0.394 e. The van der Waals surface area contributed by atoms with E-state index in [1.165, 1.54) is 0 Å². The van der Waals surface area contributed by atoms with Crippen molar-refractivity contribution in [2.24, 2.45) is 34.0 Å². The number of piperidine rings is 1. The van der Waals surface area contributed by atoms with E-state index < -0.39 is 11.5 Å². The molecule has 4 nitrogen and oxygen atoms in total. The molecule has 6 bridgehead atoms. The van der Waals surface area contributed by atoms with Crippen molar-refractivity contribution in [3.05, 3.63) is 12.2 Å². The van der Waals surface area contributed by atoms with Crippen LogP contribution in [0.5, 0.6) is 0 Å². The quantitative estimate of drug-likeness (QED) is 0.712. The molecule has 0 aromatic rings. The summed E-state index contributed by atoms with van der Waals surface area (Å²) in [6, 6.07) is 0. The summed E-state index contributed by atoms with van der Waals surface area (Å²) in [6.45, 7) is 8.81. The van der Waals surface area contributed by atoms with E-state index in [0.29, 0.717) is 11.8 Å². The second-order valence-corrected chi connectivity index (χ2v) is 10.7. The van der Waals surface area contributed by atoms with Gasteiger partial charge in [-0.05, 0) is 72.7 Å². The fraction of sp³-hybridized carbons (Fsp3) is 0.857. The van der Waals surface area contributed by atoms with Crippen LogP contribution in [0.25, 0.3) is 0 Å². The lowest BCUT2D eigenvalue weighted by Crippen LogP contribution is -2.70. The van der Waals surface area contributed by atoms with Crippen LogP contribution < -0.4 is 0 Å². The maximum absolute atomic E-state index is 13.3. The van der Waals surface area contributed by atoms with Gasteiger partial charge in [0.05, 0.1) is 18.1 Å². The summed E-state index contributed by atoms with van der Waals surface area (Å²) in [4.78, 5) is 15.9. The van der Waals surface area contributed by atoms with Crippen molar-refractivity contribution in [1.82, 2.24) is 4.90 Å². The molecule has 3 heterocycles. The minimum absolute atomic E-state index is 0.0640. The number of carbonyl (C=O) groups excluding carboxylic acids is 1. The van der Waals surface area contributed by atoms with Crippen molar-refractivity contribution in [2.45, 2.75) is 57.1 Å². The summed E-state index contributed by atoms with van der Waals surface area (Å²) in [5, 5.41) is 21.5. The van der Waals surface area contributed by atoms with Gasteiger partial charge >= 0.3 is 0 Å². The number of aliphatic hydroxyl groups excluding tert-OH is 2. The van der Waals surface area contributed by atoms with Crippen molar-refractivity contribution in [1.29, 1.82) is 0 Å². The number of hydrogen-bond acceptors (Lipinski definition) is 4. The maximum atomic E-state index is 13.3. The number of hydrogen-bond donors (Lipinski definition) is 2. The SMILES string of the molecule is C=C1C(=O)[C@]23CC[C@H]1CC2[C@]12CN4C[C@](C)(C[C@@]4(CO)C1)C2C[C@H]3O. The number of allylic oxidation sites excluding steroid dienone is 1. The zero-order valence-corrected chi connectivity index (χ0v) is 15.1. The standard InChI is InChI=1S/C21H29NO3/c1-12-13-3-4-21(17(12)25)15(5-13)20-8-19(11-23)7-18(2,9-22(19)10-20)14(20)6-16(21)24/h13-16,23-24H,1,3-11H2,2H3/t13-,14?,15?,16+,18-,19-,20-,21+/m0/s1. The molecule has 2 N–H and O–H groups in total. The van der Waals surface area contributed by atoms with Gasteiger partial charge in [-0.1, -0.05) is 13.5 Å². The van der Waals surface area contributed by atoms with Gasteiger partial charge in [-0.15, -0.1) is 0 Å². The number of nitrogens with zero attached hydrogens (tertiary/aromatic N) is 1. The monoisotopic (exact) mass is 343 g/mol. The topological polar surface area (TPSA) is 60.8 Å². The van der Waals surface area contributed by atoms with E-state index in [1.54, 1.807) is 0 Å². The fourth-order valence-electron chi connectivity index (χ4n) is 9.32. The van der Waals surface area contributed by atoms with Crippen molar-refractivity contribution in [3.63, 3.8) is 0 Å². The van der Waals surface area contributed by atoms with Crippen LogP contribution in [0.1, 0.15) is 45.4 Å². The predicted octanol–water partition coefficient (Wildman–Crippen LogP) is 1.76. The van der Waals surface area contributed by atoms with E-state index in [0.717, 1.165) is 57.2 Å². The zero-order valence-electron chi connectivity index (χ0n) is 15.1. The van der Waals surface area contributed by atoms with Crippen LogP contribution in [0, 0.1) is 34.0 Å². The van der Waals surface area contributed by atoms with Crippen LogP contribution in [0.2, 0.25) is 0 Å². The molecule has 0 radical (unpaired) electrons. The average molecular weight is 343 g/mol. The van der Waals surface area contributed by atoms with Gasteiger partial charge in [0.15, 0.2) is 5.78 Å². The largest absolute Gasteiger partial charge is 0.394 e. The molecule has 8 rings (SSSR count). The molecule has 5 saturated carbocycles. The van der Waals surface area contributed by atoms with Crippen molar-refractivity contribution >= 4 is 5.78 Å². The number of ketones is 1. The molecule has 8 fully saturated rings. The second kappa shape index (κ2) is 4.07. The molecule has 136 valence electrons. The van der Waals surface area contributed by atoms with E-state index in [1.807, 2.05) is 0 Å². The average Bonchev–Trinajstić information content (AvgIpc) is 2.98. The highest BCUT2D eigenvalue weighted by atomic mass is 16.3. The van der Waals surface area contributed by atoms with Crippen LogP contribution in [-0.2, 0) is 4.79 Å². The fourth-order valence-corrected chi connectivity index (χ4v) is 9.32. The lowest BCUT2D eigenvalue weighted by atomic mass is 9.35. The first-order chi connectivity index (χ1) is 11.8. The Balaban J connectivity index is 1.55. The molecule has 5 aliphatic carbocycles. The van der Waals surface area contributed by atoms with Gasteiger partial charge in [-0.2, -0.15) is 0 Å². The molecule has 8 aliphatic rings. The molecule has 25 heavy (non-hydrogen) atoms. The molecule has 4 heteroatoms. The zero-order chi connectivity index (χ0) is 17.4. The summed E-state index contributed by atoms with van der Waals surface area (Å²) in [5.74, 6) is 1.27. The number of Topliss-reactive ketones (excluding diaryl/α,β-unsaturated/α-hetero) is 1. The van der Waals surface area contributed by atoms with Crippen LogP contribution >= 0.6 is 0 Å². The van der Waals surface area contributed by atoms with Crippen LogP contribution in [0.4, 0.5) is 0 Å². The normalized spacial score (nSPS) is 63.9. The first kappa shape index (κ1) is 15.4. The third-order valence-electron chi connectivity index (χ3n) is 9.93. The maximum Gasteiger partial charge on any atom is 0.167 e. The lowest BCUT2D eigenvalue weighted by Gasteiger charge is -2.68. The van der Waals surface area contributed by atoms with E-state index in [9.17, 15) is 15.0 Å². The number of aliphatic hydroxyl groups is 2. The Morgan fingerprint density at radius 2 is 2.04 bits per heavy atom. The second-order valence-electron chi connectivity index (χ2n) is 10.7. The van der Waals surface area contributed by atoms with Crippen LogP contribution in [0.15, 0.2) is 12.2 Å². The molecule has 3 unspecified atom stereocenters. The molecule has 3 saturated heterocycles. The first-order valence-corrected chi connectivity index (χ1v) is 10.1. The minimum atomic E-state index is -0.574. The van der Waals surface area contributed by atoms with Crippen molar-refractivity contribution < 1.29 is 15.0 Å². The van der Waals surface area contributed by atoms with E-state index in [2.05, 4.69) is 18.4 Å². The Kier molecular flexibility index (Phi) is 2.50. The summed E-state index contributed by atoms with van der Waals surface area (Å²) in [5.41, 5.74) is 0.442. The van der Waals surface area contributed by atoms with Gasteiger partial charge in [0, 0.05) is 18.6 Å². The molecular weight excluding hydrogens is 314 g/mol. The third kappa shape index (κ3) is 1.35.